The Balaban J connectivity index is 1.17. The van der Waals surface area contributed by atoms with Crippen molar-refractivity contribution in [3.05, 3.63) is 276 Å². The highest BCUT2D eigenvalue weighted by Gasteiger charge is 2.50. The van der Waals surface area contributed by atoms with E-state index in [1.165, 1.54) is 81.0 Å². The van der Waals surface area contributed by atoms with Crippen LogP contribution in [0.15, 0.2) is 241 Å². The average molecular weight is 1070 g/mol. The van der Waals surface area contributed by atoms with Gasteiger partial charge in [0.1, 0.15) is 5.58 Å². The molecule has 0 N–H and O–H groups in total. The number of thiophene rings is 1. The number of rotatable bonds is 8. The van der Waals surface area contributed by atoms with Crippen LogP contribution in [-0.4, -0.2) is 0 Å². The molecule has 0 atom stereocenters. The fourth-order valence-corrected chi connectivity index (χ4v) is 14.3. The number of fused-ring (bicyclic) bond motifs is 12. The van der Waals surface area contributed by atoms with Gasteiger partial charge in [0.25, 0.3) is 0 Å². The number of para-hydroxylation sites is 1. The zero-order valence-corrected chi connectivity index (χ0v) is 48.5. The van der Waals surface area contributed by atoms with Crippen LogP contribution in [0.2, 0.25) is 0 Å². The molecule has 2 aromatic heterocycles. The second-order valence-electron chi connectivity index (χ2n) is 25.3. The number of anilines is 6. The molecule has 0 fully saturated rings. The minimum atomic E-state index is -0.823. The number of furan rings is 1. The van der Waals surface area contributed by atoms with Crippen LogP contribution in [0.25, 0.3) is 64.0 Å². The smallest absolute Gasteiger partial charge is 0.160 e. The van der Waals surface area contributed by atoms with Crippen LogP contribution in [0.3, 0.4) is 0 Å². The molecule has 0 amide bonds. The lowest BCUT2D eigenvalue weighted by Gasteiger charge is -2.36. The molecule has 4 heteroatoms. The van der Waals surface area contributed by atoms with Gasteiger partial charge in [0.05, 0.1) is 16.8 Å². The van der Waals surface area contributed by atoms with E-state index >= 15 is 0 Å². The van der Waals surface area contributed by atoms with Gasteiger partial charge in [-0.1, -0.05) is 226 Å². The van der Waals surface area contributed by atoms with Crippen LogP contribution in [0.5, 0.6) is 0 Å². The topological polar surface area (TPSA) is 19.6 Å². The first-order valence-corrected chi connectivity index (χ1v) is 29.4. The normalized spacial score (nSPS) is 13.3. The van der Waals surface area contributed by atoms with Crippen LogP contribution >= 0.6 is 11.3 Å². The van der Waals surface area contributed by atoms with Gasteiger partial charge in [-0.05, 0) is 139 Å². The fourth-order valence-electron chi connectivity index (χ4n) is 13.0. The van der Waals surface area contributed by atoms with Crippen molar-refractivity contribution in [1.82, 2.24) is 0 Å². The van der Waals surface area contributed by atoms with E-state index in [0.717, 1.165) is 56.1 Å². The zero-order valence-electron chi connectivity index (χ0n) is 47.7. The van der Waals surface area contributed by atoms with Crippen molar-refractivity contribution in [1.29, 1.82) is 0 Å². The molecule has 0 unspecified atom stereocenters. The molecule has 0 radical (unpaired) electrons. The fraction of sp³-hybridized carbons (Fsp3) is 0.169. The highest BCUT2D eigenvalue weighted by Crippen LogP contribution is 2.65. The molecule has 0 saturated heterocycles. The Kier molecular flexibility index (Phi) is 11.7. The second kappa shape index (κ2) is 18.7. The van der Waals surface area contributed by atoms with Crippen LogP contribution in [0, 0.1) is 0 Å². The van der Waals surface area contributed by atoms with E-state index in [2.05, 4.69) is 309 Å². The molecule has 1 aliphatic carbocycles. The van der Waals surface area contributed by atoms with Crippen molar-refractivity contribution >= 4 is 98.3 Å². The summed E-state index contributed by atoms with van der Waals surface area (Å²) in [5, 5.41) is 7.05. The van der Waals surface area contributed by atoms with Crippen molar-refractivity contribution < 1.29 is 4.42 Å². The summed E-state index contributed by atoms with van der Waals surface area (Å²) in [6.45, 7) is 20.6. The van der Waals surface area contributed by atoms with Crippen LogP contribution < -0.4 is 9.80 Å². The lowest BCUT2D eigenvalue weighted by atomic mass is 9.67. The van der Waals surface area contributed by atoms with Gasteiger partial charge in [-0.3, -0.25) is 0 Å². The van der Waals surface area contributed by atoms with E-state index in [-0.39, 0.29) is 16.2 Å². The first kappa shape index (κ1) is 50.5. The van der Waals surface area contributed by atoms with Crippen molar-refractivity contribution in [3.8, 4) is 11.1 Å². The monoisotopic (exact) mass is 1070 g/mol. The summed E-state index contributed by atoms with van der Waals surface area (Å²) in [4.78, 5) is 5.00. The van der Waals surface area contributed by atoms with Crippen LogP contribution in [0.4, 0.5) is 34.1 Å². The minimum absolute atomic E-state index is 0.0138. The third-order valence-electron chi connectivity index (χ3n) is 17.2. The molecule has 396 valence electrons. The van der Waals surface area contributed by atoms with Gasteiger partial charge < -0.3 is 14.2 Å². The molecular formula is C77H66N2OS. The number of benzene rings is 11. The van der Waals surface area contributed by atoms with E-state index in [1.54, 1.807) is 0 Å². The maximum atomic E-state index is 7.46. The summed E-state index contributed by atoms with van der Waals surface area (Å²) in [6, 6.07) is 89.0. The number of hydrogen-bond donors (Lipinski definition) is 0. The summed E-state index contributed by atoms with van der Waals surface area (Å²) < 4.78 is 9.96. The first-order chi connectivity index (χ1) is 39.1. The van der Waals surface area contributed by atoms with Gasteiger partial charge in [0.2, 0.25) is 0 Å². The van der Waals surface area contributed by atoms with E-state index in [0.29, 0.717) is 0 Å². The predicted molar refractivity (Wildman–Crippen MR) is 347 cm³/mol. The van der Waals surface area contributed by atoms with Gasteiger partial charge in [0, 0.05) is 64.8 Å². The second-order valence-corrected chi connectivity index (χ2v) is 26.4. The number of hydrogen-bond acceptors (Lipinski definition) is 4. The Bertz CT molecular complexity index is 4450. The molecule has 81 heavy (non-hydrogen) atoms. The van der Waals surface area contributed by atoms with Crippen LogP contribution in [-0.2, 0) is 21.7 Å². The van der Waals surface area contributed by atoms with Gasteiger partial charge in [-0.25, -0.2) is 0 Å². The molecule has 13 aromatic rings. The third kappa shape index (κ3) is 8.12. The highest BCUT2D eigenvalue weighted by molar-refractivity contribution is 7.26. The molecule has 2 heterocycles. The maximum Gasteiger partial charge on any atom is 0.160 e. The predicted octanol–water partition coefficient (Wildman–Crippen LogP) is 22.3. The van der Waals surface area contributed by atoms with Crippen molar-refractivity contribution in [2.45, 2.75) is 84.0 Å². The van der Waals surface area contributed by atoms with Gasteiger partial charge in [-0.15, -0.1) is 11.3 Å². The maximum absolute atomic E-state index is 7.46. The molecule has 11 aromatic carbocycles. The van der Waals surface area contributed by atoms with Gasteiger partial charge >= 0.3 is 0 Å². The van der Waals surface area contributed by atoms with Crippen molar-refractivity contribution in [2.75, 3.05) is 9.80 Å². The third-order valence-corrected chi connectivity index (χ3v) is 18.4. The quantitative estimate of drug-likeness (QED) is 0.151. The Morgan fingerprint density at radius 1 is 0.370 bits per heavy atom. The van der Waals surface area contributed by atoms with Crippen molar-refractivity contribution in [3.63, 3.8) is 0 Å². The Labute approximate surface area is 480 Å². The zero-order chi connectivity index (χ0) is 55.6. The summed E-state index contributed by atoms with van der Waals surface area (Å²) in [5.41, 5.74) is 18.5. The highest BCUT2D eigenvalue weighted by atomic mass is 32.1. The lowest BCUT2D eigenvalue weighted by molar-refractivity contribution is 0.590. The standard InChI is InChI=1S/C77H66N2OS/c1-74(2,3)51-33-40-56(41-34-51)78(57-42-35-52(36-43-57)75(4,5)6)64-47-63-71(73-68(64)61-29-19-21-31-67(61)81-73)70-62(77(63,54-24-12-10-13-25-54)55-26-14-11-15-27-55)48-65(72-69(70)60-28-18-20-30-66(60)80-72)79(58-44-37-53(38-45-58)76(7,8)9)59-39-32-49-22-16-17-23-50(49)46-59/h10-48H,1-9H3. The summed E-state index contributed by atoms with van der Waals surface area (Å²) in [7, 11) is 0. The SMILES string of the molecule is CC(C)(C)c1ccc(N(c2ccc3ccccc3c2)c2cc3c(c4c2oc2ccccc24)-c2c(cc(N(c4ccc(C(C)(C)C)cc4)c4ccc(C(C)(C)C)cc4)c4c2sc2ccccc24)C3(c2ccccc2)c2ccccc2)cc1. The Hall–Kier alpha value is -8.70. The summed E-state index contributed by atoms with van der Waals surface area (Å²) in [6.07, 6.45) is 0. The number of nitrogens with zero attached hydrogens (tertiary/aromatic N) is 2. The largest absolute Gasteiger partial charge is 0.454 e. The van der Waals surface area contributed by atoms with Crippen LogP contribution in [0.1, 0.15) is 101 Å². The molecule has 0 spiro atoms. The van der Waals surface area contributed by atoms with Crippen molar-refractivity contribution in [2.24, 2.45) is 0 Å². The molecular weight excluding hydrogens is 1000 g/mol. The lowest BCUT2D eigenvalue weighted by Crippen LogP contribution is -2.29. The average Bonchev–Trinajstić information content (AvgIpc) is 2.43. The van der Waals surface area contributed by atoms with E-state index < -0.39 is 5.41 Å². The Morgan fingerprint density at radius 3 is 1.37 bits per heavy atom. The molecule has 0 saturated carbocycles. The van der Waals surface area contributed by atoms with E-state index in [1.807, 2.05) is 11.3 Å². The molecule has 0 aliphatic heterocycles. The molecule has 3 nitrogen and oxygen atoms in total. The summed E-state index contributed by atoms with van der Waals surface area (Å²) in [5.74, 6) is 0. The van der Waals surface area contributed by atoms with Gasteiger partial charge in [-0.2, -0.15) is 0 Å². The molecule has 1 aliphatic rings. The summed E-state index contributed by atoms with van der Waals surface area (Å²) >= 11 is 1.91. The Morgan fingerprint density at radius 2 is 0.815 bits per heavy atom. The first-order valence-electron chi connectivity index (χ1n) is 28.6. The van der Waals surface area contributed by atoms with Gasteiger partial charge in [0.15, 0.2) is 5.58 Å². The van der Waals surface area contributed by atoms with E-state index in [9.17, 15) is 0 Å². The molecule has 0 bridgehead atoms. The minimum Gasteiger partial charge on any atom is -0.454 e. The molecule has 14 rings (SSSR count). The van der Waals surface area contributed by atoms with E-state index in [4.69, 9.17) is 4.42 Å².